The second-order valence-electron chi connectivity index (χ2n) is 3.32. The normalized spacial score (nSPS) is 12.4. The molecule has 1 atom stereocenters. The molecule has 1 aromatic heterocycles. The van der Waals surface area contributed by atoms with Crippen LogP contribution in [0.1, 0.15) is 17.2 Å². The average Bonchev–Trinajstić information content (AvgIpc) is 2.33. The van der Waals surface area contributed by atoms with E-state index in [9.17, 15) is 4.39 Å². The van der Waals surface area contributed by atoms with Crippen molar-refractivity contribution in [2.24, 2.45) is 5.73 Å². The molecule has 0 aliphatic heterocycles. The van der Waals surface area contributed by atoms with Crippen LogP contribution >= 0.6 is 11.6 Å². The SMILES string of the molecule is NC(c1cncnc1)c1ccc(F)c(Cl)c1. The minimum Gasteiger partial charge on any atom is -0.320 e. The maximum Gasteiger partial charge on any atom is 0.141 e. The molecule has 2 aromatic rings. The molecule has 2 rings (SSSR count). The van der Waals surface area contributed by atoms with E-state index in [1.54, 1.807) is 18.5 Å². The van der Waals surface area contributed by atoms with Crippen LogP contribution in [0, 0.1) is 5.82 Å². The van der Waals surface area contributed by atoms with Gasteiger partial charge in [-0.25, -0.2) is 14.4 Å². The van der Waals surface area contributed by atoms with Crippen LogP contribution in [0.15, 0.2) is 36.9 Å². The molecule has 16 heavy (non-hydrogen) atoms. The third-order valence-corrected chi connectivity index (χ3v) is 2.53. The van der Waals surface area contributed by atoms with Crippen molar-refractivity contribution in [3.63, 3.8) is 0 Å². The molecule has 5 heteroatoms. The predicted octanol–water partition coefficient (Wildman–Crippen LogP) is 2.32. The molecule has 1 unspecified atom stereocenters. The third kappa shape index (κ3) is 2.18. The first-order valence-corrected chi connectivity index (χ1v) is 5.01. The maximum atomic E-state index is 13.0. The molecule has 0 amide bonds. The van der Waals surface area contributed by atoms with E-state index in [-0.39, 0.29) is 5.02 Å². The Bertz CT molecular complexity index is 490. The lowest BCUT2D eigenvalue weighted by Gasteiger charge is -2.11. The Morgan fingerprint density at radius 3 is 2.50 bits per heavy atom. The Labute approximate surface area is 97.1 Å². The highest BCUT2D eigenvalue weighted by molar-refractivity contribution is 6.30. The fraction of sp³-hybridized carbons (Fsp3) is 0.0909. The van der Waals surface area contributed by atoms with Crippen LogP contribution in [-0.4, -0.2) is 9.97 Å². The smallest absolute Gasteiger partial charge is 0.141 e. The van der Waals surface area contributed by atoms with Crippen LogP contribution < -0.4 is 5.73 Å². The number of hydrogen-bond acceptors (Lipinski definition) is 3. The minimum absolute atomic E-state index is 0.0600. The fourth-order valence-corrected chi connectivity index (χ4v) is 1.56. The second kappa shape index (κ2) is 4.55. The van der Waals surface area contributed by atoms with Crippen molar-refractivity contribution in [2.75, 3.05) is 0 Å². The van der Waals surface area contributed by atoms with Crippen molar-refractivity contribution >= 4 is 11.6 Å². The van der Waals surface area contributed by atoms with Gasteiger partial charge >= 0.3 is 0 Å². The van der Waals surface area contributed by atoms with Gasteiger partial charge in [0.15, 0.2) is 0 Å². The molecule has 0 aliphatic carbocycles. The average molecular weight is 238 g/mol. The lowest BCUT2D eigenvalue weighted by Crippen LogP contribution is -2.12. The summed E-state index contributed by atoms with van der Waals surface area (Å²) < 4.78 is 13.0. The van der Waals surface area contributed by atoms with Crippen LogP contribution in [0.4, 0.5) is 4.39 Å². The zero-order valence-electron chi connectivity index (χ0n) is 8.27. The van der Waals surface area contributed by atoms with Crippen LogP contribution in [0.2, 0.25) is 5.02 Å². The summed E-state index contributed by atoms with van der Waals surface area (Å²) in [5.74, 6) is -0.457. The molecule has 0 saturated heterocycles. The summed E-state index contributed by atoms with van der Waals surface area (Å²) in [5, 5.41) is 0.0600. The predicted molar refractivity (Wildman–Crippen MR) is 59.5 cm³/mol. The van der Waals surface area contributed by atoms with E-state index in [0.717, 1.165) is 11.1 Å². The van der Waals surface area contributed by atoms with Gasteiger partial charge in [0.2, 0.25) is 0 Å². The zero-order valence-corrected chi connectivity index (χ0v) is 9.03. The number of rotatable bonds is 2. The summed E-state index contributed by atoms with van der Waals surface area (Å²) >= 11 is 5.68. The van der Waals surface area contributed by atoms with E-state index in [1.807, 2.05) is 0 Å². The summed E-state index contributed by atoms with van der Waals surface area (Å²) in [5.41, 5.74) is 7.45. The summed E-state index contributed by atoms with van der Waals surface area (Å²) in [4.78, 5) is 7.75. The Morgan fingerprint density at radius 2 is 1.88 bits per heavy atom. The molecule has 0 bridgehead atoms. The van der Waals surface area contributed by atoms with Crippen molar-refractivity contribution in [1.82, 2.24) is 9.97 Å². The second-order valence-corrected chi connectivity index (χ2v) is 3.73. The van der Waals surface area contributed by atoms with Gasteiger partial charge in [0.05, 0.1) is 11.1 Å². The van der Waals surface area contributed by atoms with E-state index in [2.05, 4.69) is 9.97 Å². The highest BCUT2D eigenvalue weighted by atomic mass is 35.5. The molecule has 0 aliphatic rings. The van der Waals surface area contributed by atoms with Crippen LogP contribution in [0.3, 0.4) is 0 Å². The van der Waals surface area contributed by atoms with Crippen LogP contribution in [0.5, 0.6) is 0 Å². The first-order valence-electron chi connectivity index (χ1n) is 4.64. The number of benzene rings is 1. The van der Waals surface area contributed by atoms with Gasteiger partial charge in [-0.2, -0.15) is 0 Å². The molecule has 1 aromatic carbocycles. The highest BCUT2D eigenvalue weighted by Gasteiger charge is 2.11. The number of nitrogens with zero attached hydrogens (tertiary/aromatic N) is 2. The van der Waals surface area contributed by atoms with Gasteiger partial charge in [0.25, 0.3) is 0 Å². The molecule has 0 fully saturated rings. The monoisotopic (exact) mass is 237 g/mol. The summed E-state index contributed by atoms with van der Waals surface area (Å²) in [6.07, 6.45) is 4.66. The summed E-state index contributed by atoms with van der Waals surface area (Å²) in [6.45, 7) is 0. The fourth-order valence-electron chi connectivity index (χ4n) is 1.37. The van der Waals surface area contributed by atoms with Crippen LogP contribution in [-0.2, 0) is 0 Å². The van der Waals surface area contributed by atoms with Gasteiger partial charge in [-0.15, -0.1) is 0 Å². The zero-order chi connectivity index (χ0) is 11.5. The quantitative estimate of drug-likeness (QED) is 0.872. The van der Waals surface area contributed by atoms with E-state index >= 15 is 0 Å². The van der Waals surface area contributed by atoms with Gasteiger partial charge in [-0.1, -0.05) is 17.7 Å². The molecule has 3 nitrogen and oxygen atoms in total. The van der Waals surface area contributed by atoms with Gasteiger partial charge in [-0.05, 0) is 17.7 Å². The highest BCUT2D eigenvalue weighted by Crippen LogP contribution is 2.23. The topological polar surface area (TPSA) is 51.8 Å². The van der Waals surface area contributed by atoms with Gasteiger partial charge < -0.3 is 5.73 Å². The van der Waals surface area contributed by atoms with Gasteiger partial charge in [0, 0.05) is 18.0 Å². The number of halogens is 2. The first kappa shape index (κ1) is 11.0. The standard InChI is InChI=1S/C11H9ClFN3/c12-9-3-7(1-2-10(9)13)11(14)8-4-15-6-16-5-8/h1-6,11H,14H2. The van der Waals surface area contributed by atoms with E-state index in [0.29, 0.717) is 0 Å². The summed E-state index contributed by atoms with van der Waals surface area (Å²) in [6, 6.07) is 3.99. The van der Waals surface area contributed by atoms with E-state index in [4.69, 9.17) is 17.3 Å². The lowest BCUT2D eigenvalue weighted by molar-refractivity contribution is 0.626. The van der Waals surface area contributed by atoms with Crippen molar-refractivity contribution in [1.29, 1.82) is 0 Å². The van der Waals surface area contributed by atoms with Crippen molar-refractivity contribution < 1.29 is 4.39 Å². The number of nitrogens with two attached hydrogens (primary N) is 1. The minimum atomic E-state index is -0.457. The van der Waals surface area contributed by atoms with E-state index < -0.39 is 11.9 Å². The molecule has 0 radical (unpaired) electrons. The van der Waals surface area contributed by atoms with E-state index in [1.165, 1.54) is 18.5 Å². The Hall–Kier alpha value is -1.52. The Morgan fingerprint density at radius 1 is 1.19 bits per heavy atom. The molecular weight excluding hydrogens is 229 g/mol. The largest absolute Gasteiger partial charge is 0.320 e. The number of aromatic nitrogens is 2. The summed E-state index contributed by atoms with van der Waals surface area (Å²) in [7, 11) is 0. The maximum absolute atomic E-state index is 13.0. The lowest BCUT2D eigenvalue weighted by atomic mass is 10.0. The first-order chi connectivity index (χ1) is 7.68. The molecule has 2 N–H and O–H groups in total. The van der Waals surface area contributed by atoms with Crippen LogP contribution in [0.25, 0.3) is 0 Å². The molecule has 1 heterocycles. The molecule has 82 valence electrons. The Kier molecular flexibility index (Phi) is 3.12. The molecule has 0 saturated carbocycles. The van der Waals surface area contributed by atoms with Crippen molar-refractivity contribution in [3.05, 3.63) is 58.9 Å². The van der Waals surface area contributed by atoms with Gasteiger partial charge in [0.1, 0.15) is 12.1 Å². The third-order valence-electron chi connectivity index (χ3n) is 2.24. The molecular formula is C11H9ClFN3. The molecule has 0 spiro atoms. The Balaban J connectivity index is 2.34. The van der Waals surface area contributed by atoms with Crippen molar-refractivity contribution in [2.45, 2.75) is 6.04 Å². The van der Waals surface area contributed by atoms with Gasteiger partial charge in [-0.3, -0.25) is 0 Å². The number of hydrogen-bond donors (Lipinski definition) is 1. The van der Waals surface area contributed by atoms with Crippen molar-refractivity contribution in [3.8, 4) is 0 Å².